The zero-order chi connectivity index (χ0) is 12.2. The van der Waals surface area contributed by atoms with Crippen LogP contribution in [0.15, 0.2) is 23.0 Å². The highest BCUT2D eigenvalue weighted by Gasteiger charge is 2.31. The van der Waals surface area contributed by atoms with Gasteiger partial charge >= 0.3 is 5.69 Å². The minimum Gasteiger partial charge on any atom is -0.388 e. The average Bonchev–Trinajstić information content (AvgIpc) is 3.15. The number of hydrogen-bond donors (Lipinski definition) is 1. The molecule has 1 aliphatic carbocycles. The molecule has 2 aromatic rings. The first kappa shape index (κ1) is 10.6. The van der Waals surface area contributed by atoms with Crippen molar-refractivity contribution in [2.45, 2.75) is 18.9 Å². The normalized spacial score (nSPS) is 17.6. The smallest absolute Gasteiger partial charge is 0.328 e. The van der Waals surface area contributed by atoms with Gasteiger partial charge in [-0.05, 0) is 36.5 Å². The summed E-state index contributed by atoms with van der Waals surface area (Å²) in [7, 11) is 3.53. The molecule has 1 aromatic heterocycles. The summed E-state index contributed by atoms with van der Waals surface area (Å²) in [4.78, 5) is 11.8. The Hall–Kier alpha value is -1.55. The van der Waals surface area contributed by atoms with Crippen LogP contribution in [-0.4, -0.2) is 14.2 Å². The standard InChI is InChI=1S/C13H16N2O2/c1-14-10-6-5-9(12(16)8-3-4-8)7-11(10)15(2)13(14)17/h5-8,12,16H,3-4H2,1-2H3. The highest BCUT2D eigenvalue weighted by molar-refractivity contribution is 5.77. The summed E-state index contributed by atoms with van der Waals surface area (Å²) in [5.41, 5.74) is 2.68. The summed E-state index contributed by atoms with van der Waals surface area (Å²) in [6.45, 7) is 0. The third-order valence-corrected chi connectivity index (χ3v) is 3.71. The first-order valence-corrected chi connectivity index (χ1v) is 5.93. The van der Waals surface area contributed by atoms with E-state index in [9.17, 15) is 9.90 Å². The molecule has 0 bridgehead atoms. The number of hydrogen-bond acceptors (Lipinski definition) is 2. The van der Waals surface area contributed by atoms with Crippen LogP contribution in [0.1, 0.15) is 24.5 Å². The third-order valence-electron chi connectivity index (χ3n) is 3.71. The Morgan fingerprint density at radius 2 is 1.88 bits per heavy atom. The zero-order valence-electron chi connectivity index (χ0n) is 10.1. The van der Waals surface area contributed by atoms with Gasteiger partial charge in [0.2, 0.25) is 0 Å². The summed E-state index contributed by atoms with van der Waals surface area (Å²) in [5, 5.41) is 10.1. The van der Waals surface area contributed by atoms with E-state index in [1.165, 1.54) is 0 Å². The van der Waals surface area contributed by atoms with Crippen LogP contribution in [-0.2, 0) is 14.1 Å². The first-order valence-electron chi connectivity index (χ1n) is 5.93. The van der Waals surface area contributed by atoms with Crippen LogP contribution in [0.25, 0.3) is 11.0 Å². The SMILES string of the molecule is Cn1c(=O)n(C)c2cc(C(O)C3CC3)ccc21. The molecule has 1 saturated carbocycles. The van der Waals surface area contributed by atoms with Crippen LogP contribution in [0, 0.1) is 5.92 Å². The van der Waals surface area contributed by atoms with Gasteiger partial charge in [0.25, 0.3) is 0 Å². The Kier molecular flexibility index (Phi) is 2.16. The maximum atomic E-state index is 11.8. The lowest BCUT2D eigenvalue weighted by molar-refractivity contribution is 0.154. The first-order chi connectivity index (χ1) is 8.09. The van der Waals surface area contributed by atoms with Crippen molar-refractivity contribution in [3.63, 3.8) is 0 Å². The average molecular weight is 232 g/mol. The molecule has 1 atom stereocenters. The second kappa shape index (κ2) is 3.47. The van der Waals surface area contributed by atoms with E-state index in [2.05, 4.69) is 0 Å². The quantitative estimate of drug-likeness (QED) is 0.849. The largest absolute Gasteiger partial charge is 0.388 e. The second-order valence-electron chi connectivity index (χ2n) is 4.93. The van der Waals surface area contributed by atoms with E-state index in [0.717, 1.165) is 29.4 Å². The number of aliphatic hydroxyl groups is 1. The molecule has 0 radical (unpaired) electrons. The Balaban J connectivity index is 2.18. The fourth-order valence-corrected chi connectivity index (χ4v) is 2.39. The summed E-state index contributed by atoms with van der Waals surface area (Å²) in [6.07, 6.45) is 1.83. The van der Waals surface area contributed by atoms with Gasteiger partial charge in [-0.2, -0.15) is 0 Å². The van der Waals surface area contributed by atoms with Gasteiger partial charge in [0, 0.05) is 14.1 Å². The number of fused-ring (bicyclic) bond motifs is 1. The van der Waals surface area contributed by atoms with Crippen molar-refractivity contribution in [2.75, 3.05) is 0 Å². The fourth-order valence-electron chi connectivity index (χ4n) is 2.39. The molecule has 4 nitrogen and oxygen atoms in total. The summed E-state index contributed by atoms with van der Waals surface area (Å²) < 4.78 is 3.25. The van der Waals surface area contributed by atoms with E-state index in [-0.39, 0.29) is 11.8 Å². The van der Waals surface area contributed by atoms with Crippen molar-refractivity contribution in [3.8, 4) is 0 Å². The van der Waals surface area contributed by atoms with Crippen molar-refractivity contribution in [1.82, 2.24) is 9.13 Å². The van der Waals surface area contributed by atoms with E-state index in [1.807, 2.05) is 18.2 Å². The lowest BCUT2D eigenvalue weighted by atomic mass is 10.0. The molecule has 1 fully saturated rings. The van der Waals surface area contributed by atoms with Gasteiger partial charge in [-0.3, -0.25) is 9.13 Å². The van der Waals surface area contributed by atoms with Gasteiger partial charge in [0.05, 0.1) is 17.1 Å². The zero-order valence-corrected chi connectivity index (χ0v) is 10.1. The molecule has 0 saturated heterocycles. The second-order valence-corrected chi connectivity index (χ2v) is 4.93. The van der Waals surface area contributed by atoms with Crippen LogP contribution in [0.2, 0.25) is 0 Å². The highest BCUT2D eigenvalue weighted by atomic mass is 16.3. The van der Waals surface area contributed by atoms with E-state index in [0.29, 0.717) is 5.92 Å². The Morgan fingerprint density at radius 3 is 2.53 bits per heavy atom. The van der Waals surface area contributed by atoms with Gasteiger partial charge in [0.15, 0.2) is 0 Å². The van der Waals surface area contributed by atoms with Crippen molar-refractivity contribution >= 4 is 11.0 Å². The summed E-state index contributed by atoms with van der Waals surface area (Å²) in [6, 6.07) is 5.77. The van der Waals surface area contributed by atoms with Crippen LogP contribution in [0.4, 0.5) is 0 Å². The minimum absolute atomic E-state index is 0.0296. The molecule has 0 amide bonds. The predicted molar refractivity (Wildman–Crippen MR) is 65.8 cm³/mol. The Bertz CT molecular complexity index is 635. The molecule has 1 N–H and O–H groups in total. The number of nitrogens with zero attached hydrogens (tertiary/aromatic N) is 2. The molecule has 17 heavy (non-hydrogen) atoms. The Labute approximate surface area is 99.1 Å². The lowest BCUT2D eigenvalue weighted by Gasteiger charge is -2.09. The van der Waals surface area contributed by atoms with Crippen LogP contribution in [0.5, 0.6) is 0 Å². The molecule has 1 aliphatic rings. The molecule has 0 spiro atoms. The minimum atomic E-state index is -0.380. The van der Waals surface area contributed by atoms with Crippen LogP contribution >= 0.6 is 0 Å². The summed E-state index contributed by atoms with van der Waals surface area (Å²) in [5.74, 6) is 0.410. The molecule has 90 valence electrons. The van der Waals surface area contributed by atoms with Crippen molar-refractivity contribution in [3.05, 3.63) is 34.2 Å². The van der Waals surface area contributed by atoms with Crippen molar-refractivity contribution < 1.29 is 5.11 Å². The molecule has 1 unspecified atom stereocenters. The van der Waals surface area contributed by atoms with Crippen molar-refractivity contribution in [1.29, 1.82) is 0 Å². The lowest BCUT2D eigenvalue weighted by Crippen LogP contribution is -2.19. The number of imidazole rings is 1. The number of rotatable bonds is 2. The molecule has 1 heterocycles. The van der Waals surface area contributed by atoms with E-state index >= 15 is 0 Å². The maximum absolute atomic E-state index is 11.8. The fraction of sp³-hybridized carbons (Fsp3) is 0.462. The van der Waals surface area contributed by atoms with Gasteiger partial charge in [-0.1, -0.05) is 6.07 Å². The van der Waals surface area contributed by atoms with E-state index in [1.54, 1.807) is 23.2 Å². The number of benzene rings is 1. The van der Waals surface area contributed by atoms with E-state index < -0.39 is 0 Å². The number of aromatic nitrogens is 2. The van der Waals surface area contributed by atoms with Gasteiger partial charge in [-0.15, -0.1) is 0 Å². The summed E-state index contributed by atoms with van der Waals surface area (Å²) >= 11 is 0. The molecular formula is C13H16N2O2. The van der Waals surface area contributed by atoms with Crippen LogP contribution < -0.4 is 5.69 Å². The molecule has 1 aromatic carbocycles. The van der Waals surface area contributed by atoms with Crippen LogP contribution in [0.3, 0.4) is 0 Å². The van der Waals surface area contributed by atoms with Gasteiger partial charge in [-0.25, -0.2) is 4.79 Å². The van der Waals surface area contributed by atoms with Gasteiger partial charge < -0.3 is 5.11 Å². The van der Waals surface area contributed by atoms with Crippen molar-refractivity contribution in [2.24, 2.45) is 20.0 Å². The Morgan fingerprint density at radius 1 is 1.24 bits per heavy atom. The molecule has 4 heteroatoms. The van der Waals surface area contributed by atoms with Gasteiger partial charge in [0.1, 0.15) is 0 Å². The molecule has 3 rings (SSSR count). The topological polar surface area (TPSA) is 47.2 Å². The van der Waals surface area contributed by atoms with E-state index in [4.69, 9.17) is 0 Å². The molecular weight excluding hydrogens is 216 g/mol. The maximum Gasteiger partial charge on any atom is 0.328 e. The highest BCUT2D eigenvalue weighted by Crippen LogP contribution is 2.41. The number of aryl methyl sites for hydroxylation is 2. The molecule has 0 aliphatic heterocycles. The third kappa shape index (κ3) is 1.52. The predicted octanol–water partition coefficient (Wildman–Crippen LogP) is 1.32. The number of aliphatic hydroxyl groups excluding tert-OH is 1. The monoisotopic (exact) mass is 232 g/mol.